The summed E-state index contributed by atoms with van der Waals surface area (Å²) in [6, 6.07) is 0.269. The Morgan fingerprint density at radius 3 is 1.79 bits per heavy atom. The van der Waals surface area contributed by atoms with Crippen LogP contribution in [0.5, 0.6) is 0 Å². The Kier molecular flexibility index (Phi) is 21.7. The molecule has 0 aromatic rings. The van der Waals surface area contributed by atoms with Crippen LogP contribution in [-0.4, -0.2) is 17.5 Å². The van der Waals surface area contributed by atoms with E-state index in [1.54, 1.807) is 0 Å². The second-order valence-corrected chi connectivity index (χ2v) is 9.61. The summed E-state index contributed by atoms with van der Waals surface area (Å²) < 4.78 is 0. The highest BCUT2D eigenvalue weighted by molar-refractivity contribution is 14.0. The SMILES string of the molecule is CCCCCCCCCC(CC(C)(C)N)C(CC)NC(=O)CCCCCCC.I. The number of carbonyl (C=O) groups excluding carboxylic acids is 1. The van der Waals surface area contributed by atoms with E-state index in [0.29, 0.717) is 12.3 Å². The predicted octanol–water partition coefficient (Wildman–Crippen LogP) is 7.74. The van der Waals surface area contributed by atoms with Gasteiger partial charge in [0.15, 0.2) is 0 Å². The summed E-state index contributed by atoms with van der Waals surface area (Å²) in [6.45, 7) is 10.9. The van der Waals surface area contributed by atoms with E-state index in [2.05, 4.69) is 39.9 Å². The van der Waals surface area contributed by atoms with Crippen molar-refractivity contribution in [3.05, 3.63) is 0 Å². The van der Waals surface area contributed by atoms with Gasteiger partial charge in [-0.3, -0.25) is 4.79 Å². The van der Waals surface area contributed by atoms with Crippen molar-refractivity contribution in [2.24, 2.45) is 11.7 Å². The van der Waals surface area contributed by atoms with Crippen LogP contribution in [0, 0.1) is 5.92 Å². The monoisotopic (exact) mass is 524 g/mol. The number of nitrogens with two attached hydrogens (primary N) is 1. The zero-order valence-corrected chi connectivity index (χ0v) is 22.7. The summed E-state index contributed by atoms with van der Waals surface area (Å²) in [5.41, 5.74) is 6.18. The summed E-state index contributed by atoms with van der Waals surface area (Å²) in [5.74, 6) is 0.729. The fourth-order valence-electron chi connectivity index (χ4n) is 4.21. The highest BCUT2D eigenvalue weighted by atomic mass is 127. The van der Waals surface area contributed by atoms with E-state index in [-0.39, 0.29) is 41.5 Å². The summed E-state index contributed by atoms with van der Waals surface area (Å²) >= 11 is 0. The summed E-state index contributed by atoms with van der Waals surface area (Å²) in [7, 11) is 0. The van der Waals surface area contributed by atoms with Crippen LogP contribution in [0.1, 0.15) is 137 Å². The number of carbonyl (C=O) groups is 1. The molecule has 176 valence electrons. The van der Waals surface area contributed by atoms with E-state index < -0.39 is 0 Å². The molecule has 0 rings (SSSR count). The van der Waals surface area contributed by atoms with E-state index >= 15 is 0 Å². The van der Waals surface area contributed by atoms with Crippen LogP contribution < -0.4 is 11.1 Å². The zero-order chi connectivity index (χ0) is 21.3. The maximum atomic E-state index is 12.4. The van der Waals surface area contributed by atoms with Gasteiger partial charge in [-0.2, -0.15) is 0 Å². The molecular formula is C25H53IN2O. The van der Waals surface area contributed by atoms with Crippen LogP contribution in [0.15, 0.2) is 0 Å². The molecule has 0 bridgehead atoms. The topological polar surface area (TPSA) is 55.1 Å². The van der Waals surface area contributed by atoms with Crippen molar-refractivity contribution in [1.29, 1.82) is 0 Å². The minimum absolute atomic E-state index is 0. The molecule has 0 aliphatic rings. The third-order valence-corrected chi connectivity index (χ3v) is 5.83. The lowest BCUT2D eigenvalue weighted by Gasteiger charge is -2.32. The average molecular weight is 525 g/mol. The largest absolute Gasteiger partial charge is 0.353 e. The zero-order valence-electron chi connectivity index (χ0n) is 20.4. The van der Waals surface area contributed by atoms with Gasteiger partial charge in [-0.05, 0) is 45.4 Å². The van der Waals surface area contributed by atoms with E-state index in [9.17, 15) is 4.79 Å². The number of unbranched alkanes of at least 4 members (excludes halogenated alkanes) is 10. The average Bonchev–Trinajstić information content (AvgIpc) is 2.63. The normalized spacial score (nSPS) is 13.6. The molecule has 0 heterocycles. The first kappa shape index (κ1) is 31.3. The van der Waals surface area contributed by atoms with Gasteiger partial charge in [-0.1, -0.05) is 91.4 Å². The molecule has 0 aliphatic carbocycles. The van der Waals surface area contributed by atoms with Gasteiger partial charge >= 0.3 is 0 Å². The molecule has 0 aliphatic heterocycles. The molecule has 4 heteroatoms. The summed E-state index contributed by atoms with van der Waals surface area (Å²) in [5, 5.41) is 3.35. The third-order valence-electron chi connectivity index (χ3n) is 5.83. The molecule has 2 atom stereocenters. The molecule has 1 amide bonds. The molecule has 0 aromatic heterocycles. The van der Waals surface area contributed by atoms with Gasteiger partial charge < -0.3 is 11.1 Å². The predicted molar refractivity (Wildman–Crippen MR) is 140 cm³/mol. The van der Waals surface area contributed by atoms with E-state index in [0.717, 1.165) is 19.3 Å². The molecular weight excluding hydrogens is 471 g/mol. The van der Waals surface area contributed by atoms with Gasteiger partial charge in [-0.25, -0.2) is 0 Å². The minimum Gasteiger partial charge on any atom is -0.353 e. The first-order valence-electron chi connectivity index (χ1n) is 12.4. The minimum atomic E-state index is -0.176. The van der Waals surface area contributed by atoms with Crippen LogP contribution in [0.3, 0.4) is 0 Å². The van der Waals surface area contributed by atoms with Gasteiger partial charge in [0.05, 0.1) is 0 Å². The Morgan fingerprint density at radius 2 is 1.31 bits per heavy atom. The fraction of sp³-hybridized carbons (Fsp3) is 0.960. The van der Waals surface area contributed by atoms with Gasteiger partial charge in [0.25, 0.3) is 0 Å². The van der Waals surface area contributed by atoms with E-state index in [1.807, 2.05) is 0 Å². The molecule has 3 N–H and O–H groups in total. The van der Waals surface area contributed by atoms with Gasteiger partial charge in [0, 0.05) is 18.0 Å². The number of nitrogens with one attached hydrogen (secondary N) is 1. The summed E-state index contributed by atoms with van der Waals surface area (Å²) in [6.07, 6.45) is 19.2. The summed E-state index contributed by atoms with van der Waals surface area (Å²) in [4.78, 5) is 12.4. The van der Waals surface area contributed by atoms with Crippen LogP contribution in [0.2, 0.25) is 0 Å². The van der Waals surface area contributed by atoms with Crippen LogP contribution in [0.4, 0.5) is 0 Å². The smallest absolute Gasteiger partial charge is 0.220 e. The molecule has 0 saturated carbocycles. The molecule has 3 nitrogen and oxygen atoms in total. The Morgan fingerprint density at radius 1 is 0.828 bits per heavy atom. The lowest BCUT2D eigenvalue weighted by Crippen LogP contribution is -2.44. The van der Waals surface area contributed by atoms with Gasteiger partial charge in [0.1, 0.15) is 0 Å². The molecule has 0 radical (unpaired) electrons. The maximum Gasteiger partial charge on any atom is 0.220 e. The molecule has 2 unspecified atom stereocenters. The Labute approximate surface area is 200 Å². The molecule has 0 aromatic carbocycles. The third kappa shape index (κ3) is 19.8. The lowest BCUT2D eigenvalue weighted by molar-refractivity contribution is -0.122. The molecule has 0 spiro atoms. The molecule has 0 fully saturated rings. The number of hydrogen-bond donors (Lipinski definition) is 2. The van der Waals surface area contributed by atoms with Crippen LogP contribution in [0.25, 0.3) is 0 Å². The first-order valence-corrected chi connectivity index (χ1v) is 12.4. The van der Waals surface area contributed by atoms with Crippen molar-refractivity contribution in [1.82, 2.24) is 5.32 Å². The number of amides is 1. The number of rotatable bonds is 19. The van der Waals surface area contributed by atoms with E-state index in [4.69, 9.17) is 5.73 Å². The maximum absolute atomic E-state index is 12.4. The van der Waals surface area contributed by atoms with Crippen molar-refractivity contribution in [3.8, 4) is 0 Å². The first-order chi connectivity index (χ1) is 13.3. The van der Waals surface area contributed by atoms with Crippen LogP contribution in [-0.2, 0) is 4.79 Å². The Hall–Kier alpha value is 0.160. The highest BCUT2D eigenvalue weighted by Gasteiger charge is 2.26. The fourth-order valence-corrected chi connectivity index (χ4v) is 4.21. The molecule has 29 heavy (non-hydrogen) atoms. The van der Waals surface area contributed by atoms with Crippen molar-refractivity contribution in [2.45, 2.75) is 149 Å². The highest BCUT2D eigenvalue weighted by Crippen LogP contribution is 2.25. The van der Waals surface area contributed by atoms with Crippen molar-refractivity contribution in [3.63, 3.8) is 0 Å². The Bertz CT molecular complexity index is 368. The van der Waals surface area contributed by atoms with Gasteiger partial charge in [-0.15, -0.1) is 24.0 Å². The number of halogens is 1. The van der Waals surface area contributed by atoms with E-state index in [1.165, 1.54) is 77.0 Å². The number of hydrogen-bond acceptors (Lipinski definition) is 2. The van der Waals surface area contributed by atoms with Crippen molar-refractivity contribution < 1.29 is 4.79 Å². The lowest BCUT2D eigenvalue weighted by atomic mass is 9.82. The standard InChI is InChI=1S/C25H52N2O.HI/c1-6-9-11-13-14-16-17-19-22(21-25(4,5)26)23(8-3)27-24(28)20-18-15-12-10-7-2;/h22-23H,6-21,26H2,1-5H3,(H,27,28);1H. The second kappa shape index (κ2) is 20.1. The van der Waals surface area contributed by atoms with Crippen molar-refractivity contribution >= 4 is 29.9 Å². The van der Waals surface area contributed by atoms with Gasteiger partial charge in [0.2, 0.25) is 5.91 Å². The van der Waals surface area contributed by atoms with Crippen molar-refractivity contribution in [2.75, 3.05) is 0 Å². The quantitative estimate of drug-likeness (QED) is 0.134. The molecule has 0 saturated heterocycles. The van der Waals surface area contributed by atoms with Crippen LogP contribution >= 0.6 is 24.0 Å². The Balaban J connectivity index is 0. The second-order valence-electron chi connectivity index (χ2n) is 9.61.